The Kier molecular flexibility index (Phi) is 4.13. The van der Waals surface area contributed by atoms with Gasteiger partial charge in [0, 0.05) is 24.4 Å². The third kappa shape index (κ3) is 3.54. The van der Waals surface area contributed by atoms with Gasteiger partial charge in [-0.3, -0.25) is 4.79 Å². The van der Waals surface area contributed by atoms with E-state index >= 15 is 0 Å². The van der Waals surface area contributed by atoms with Crippen molar-refractivity contribution >= 4 is 28.4 Å². The predicted octanol–water partition coefficient (Wildman–Crippen LogP) is 4.34. The molecule has 0 fully saturated rings. The van der Waals surface area contributed by atoms with Gasteiger partial charge in [-0.15, -0.1) is 0 Å². The van der Waals surface area contributed by atoms with Gasteiger partial charge in [-0.25, -0.2) is 15.0 Å². The van der Waals surface area contributed by atoms with Gasteiger partial charge in [-0.05, 0) is 24.3 Å². The van der Waals surface area contributed by atoms with Crippen molar-refractivity contribution in [3.63, 3.8) is 0 Å². The van der Waals surface area contributed by atoms with E-state index in [2.05, 4.69) is 25.3 Å². The fourth-order valence-electron chi connectivity index (χ4n) is 2.63. The van der Waals surface area contributed by atoms with Crippen molar-refractivity contribution in [1.82, 2.24) is 19.9 Å². The number of carbonyl (C=O) groups excluding carboxylic acids is 1. The number of benzene rings is 2. The SMILES string of the molecule is CC(=O)Nc1cccc(Oc2cnc(N)c(-c3nc4ccccc4[nH]3)n2)c1.[HH].[HH].[HH].[HH]. The summed E-state index contributed by atoms with van der Waals surface area (Å²) in [6.45, 7) is 1.44. The average molecular weight is 368 g/mol. The van der Waals surface area contributed by atoms with Crippen molar-refractivity contribution in [2.24, 2.45) is 0 Å². The monoisotopic (exact) mass is 368 g/mol. The Bertz CT molecular complexity index is 1120. The normalized spacial score (nSPS) is 10.7. The van der Waals surface area contributed by atoms with Gasteiger partial charge < -0.3 is 20.8 Å². The molecule has 4 N–H and O–H groups in total. The van der Waals surface area contributed by atoms with Crippen molar-refractivity contribution in [3.05, 3.63) is 54.7 Å². The lowest BCUT2D eigenvalue weighted by molar-refractivity contribution is -0.114. The number of H-pyrrole nitrogens is 1. The fourth-order valence-corrected chi connectivity index (χ4v) is 2.63. The molecule has 4 rings (SSSR count). The van der Waals surface area contributed by atoms with E-state index < -0.39 is 0 Å². The summed E-state index contributed by atoms with van der Waals surface area (Å²) in [5, 5.41) is 2.70. The van der Waals surface area contributed by atoms with Crippen molar-refractivity contribution in [3.8, 4) is 23.1 Å². The van der Waals surface area contributed by atoms with Crippen molar-refractivity contribution in [2.45, 2.75) is 6.92 Å². The number of hydrogen-bond donors (Lipinski definition) is 3. The summed E-state index contributed by atoms with van der Waals surface area (Å²) < 4.78 is 5.77. The van der Waals surface area contributed by atoms with E-state index in [-0.39, 0.29) is 23.3 Å². The second-order valence-corrected chi connectivity index (χ2v) is 5.86. The number of aromatic amines is 1. The fraction of sp³-hybridized carbons (Fsp3) is 0.0526. The number of ether oxygens (including phenoxy) is 1. The number of rotatable bonds is 4. The topological polar surface area (TPSA) is 119 Å². The predicted molar refractivity (Wildman–Crippen MR) is 111 cm³/mol. The lowest BCUT2D eigenvalue weighted by Crippen LogP contribution is -2.05. The molecule has 2 aromatic heterocycles. The molecule has 8 heteroatoms. The van der Waals surface area contributed by atoms with Crippen LogP contribution in [0.4, 0.5) is 11.5 Å². The number of nitrogen functional groups attached to an aromatic ring is 1. The van der Waals surface area contributed by atoms with Crippen LogP contribution in [0.25, 0.3) is 22.6 Å². The molecule has 0 aliphatic heterocycles. The molecule has 0 unspecified atom stereocenters. The minimum Gasteiger partial charge on any atom is -0.437 e. The van der Waals surface area contributed by atoms with Crippen LogP contribution >= 0.6 is 0 Å². The molecule has 0 saturated carbocycles. The maximum atomic E-state index is 11.2. The van der Waals surface area contributed by atoms with Gasteiger partial charge in [0.2, 0.25) is 11.8 Å². The minimum absolute atomic E-state index is 0. The molecular formula is C19H24N6O2. The number of para-hydroxylation sites is 2. The minimum atomic E-state index is -0.161. The van der Waals surface area contributed by atoms with E-state index in [1.165, 1.54) is 13.1 Å². The molecule has 1 amide bonds. The first-order chi connectivity index (χ1) is 13.1. The van der Waals surface area contributed by atoms with Gasteiger partial charge in [-0.1, -0.05) is 18.2 Å². The van der Waals surface area contributed by atoms with Gasteiger partial charge in [0.25, 0.3) is 0 Å². The Morgan fingerprint density at radius 2 is 2.04 bits per heavy atom. The molecule has 4 aromatic rings. The van der Waals surface area contributed by atoms with Crippen LogP contribution in [0.3, 0.4) is 0 Å². The van der Waals surface area contributed by atoms with Gasteiger partial charge in [-0.2, -0.15) is 0 Å². The Morgan fingerprint density at radius 3 is 2.85 bits per heavy atom. The number of anilines is 2. The van der Waals surface area contributed by atoms with Crippen LogP contribution in [0.15, 0.2) is 54.7 Å². The number of nitrogens with zero attached hydrogens (tertiary/aromatic N) is 3. The van der Waals surface area contributed by atoms with Gasteiger partial charge >= 0.3 is 0 Å². The highest BCUT2D eigenvalue weighted by Crippen LogP contribution is 2.27. The van der Waals surface area contributed by atoms with Crippen molar-refractivity contribution < 1.29 is 15.2 Å². The zero-order chi connectivity index (χ0) is 18.8. The Balaban J connectivity index is 0.00000225. The molecule has 2 aromatic carbocycles. The molecule has 0 saturated heterocycles. The standard InChI is InChI=1S/C19H16N6O2.4H2/c1-11(26)22-12-5-4-6-13(9-12)27-16-10-21-18(20)17(25-16)19-23-14-7-2-3-8-15(14)24-19;;;;/h2-10H,1H3,(H2,20,21)(H,22,26)(H,23,24);4*1H. The van der Waals surface area contributed by atoms with E-state index in [1.807, 2.05) is 24.3 Å². The molecule has 2 heterocycles. The highest BCUT2D eigenvalue weighted by atomic mass is 16.5. The number of nitrogens with two attached hydrogens (primary N) is 1. The molecule has 0 bridgehead atoms. The van der Waals surface area contributed by atoms with Gasteiger partial charge in [0.1, 0.15) is 5.75 Å². The number of carbonyl (C=O) groups is 1. The maximum Gasteiger partial charge on any atom is 0.238 e. The van der Waals surface area contributed by atoms with E-state index in [0.717, 1.165) is 11.0 Å². The smallest absolute Gasteiger partial charge is 0.238 e. The van der Waals surface area contributed by atoms with Crippen LogP contribution in [0.5, 0.6) is 11.6 Å². The number of aromatic nitrogens is 4. The molecule has 0 atom stereocenters. The van der Waals surface area contributed by atoms with Crippen LogP contribution in [0.1, 0.15) is 12.6 Å². The first kappa shape index (κ1) is 16.5. The zero-order valence-corrected chi connectivity index (χ0v) is 14.4. The highest BCUT2D eigenvalue weighted by molar-refractivity contribution is 5.88. The lowest BCUT2D eigenvalue weighted by atomic mass is 10.3. The second kappa shape index (κ2) is 6.75. The summed E-state index contributed by atoms with van der Waals surface area (Å²) in [5.74, 6) is 1.37. The van der Waals surface area contributed by atoms with Crippen molar-refractivity contribution in [2.75, 3.05) is 11.1 Å². The summed E-state index contributed by atoms with van der Waals surface area (Å²) in [4.78, 5) is 27.5. The Morgan fingerprint density at radius 1 is 1.19 bits per heavy atom. The Labute approximate surface area is 160 Å². The summed E-state index contributed by atoms with van der Waals surface area (Å²) in [5.41, 5.74) is 8.70. The Hall–Kier alpha value is -3.94. The van der Waals surface area contributed by atoms with Gasteiger partial charge in [0.15, 0.2) is 17.3 Å². The van der Waals surface area contributed by atoms with Gasteiger partial charge in [0.05, 0.1) is 17.2 Å². The van der Waals surface area contributed by atoms with E-state index in [1.54, 1.807) is 24.3 Å². The first-order valence-corrected chi connectivity index (χ1v) is 8.21. The van der Waals surface area contributed by atoms with Crippen molar-refractivity contribution in [1.29, 1.82) is 0 Å². The van der Waals surface area contributed by atoms with Crippen LogP contribution in [0.2, 0.25) is 0 Å². The molecular weight excluding hydrogens is 344 g/mol. The highest BCUT2D eigenvalue weighted by Gasteiger charge is 2.13. The molecule has 0 aliphatic rings. The summed E-state index contributed by atoms with van der Waals surface area (Å²) >= 11 is 0. The molecule has 8 nitrogen and oxygen atoms in total. The third-order valence-electron chi connectivity index (χ3n) is 3.77. The number of imidazole rings is 1. The van der Waals surface area contributed by atoms with Crippen LogP contribution in [-0.4, -0.2) is 25.8 Å². The number of fused-ring (bicyclic) bond motifs is 1. The molecule has 0 aliphatic carbocycles. The number of amides is 1. The average Bonchev–Trinajstić information content (AvgIpc) is 3.07. The molecule has 27 heavy (non-hydrogen) atoms. The van der Waals surface area contributed by atoms with E-state index in [4.69, 9.17) is 10.5 Å². The number of nitrogens with one attached hydrogen (secondary N) is 2. The quantitative estimate of drug-likeness (QED) is 0.493. The molecule has 142 valence electrons. The van der Waals surface area contributed by atoms with E-state index in [9.17, 15) is 4.79 Å². The van der Waals surface area contributed by atoms with Crippen LogP contribution in [0, 0.1) is 0 Å². The lowest BCUT2D eigenvalue weighted by Gasteiger charge is -2.08. The number of hydrogen-bond acceptors (Lipinski definition) is 6. The molecule has 0 radical (unpaired) electrons. The first-order valence-electron chi connectivity index (χ1n) is 8.21. The van der Waals surface area contributed by atoms with Crippen LogP contribution in [-0.2, 0) is 4.79 Å². The zero-order valence-electron chi connectivity index (χ0n) is 14.4. The summed E-state index contributed by atoms with van der Waals surface area (Å²) in [6.07, 6.45) is 1.44. The summed E-state index contributed by atoms with van der Waals surface area (Å²) in [6, 6.07) is 14.6. The molecule has 0 spiro atoms. The maximum absolute atomic E-state index is 11.2. The van der Waals surface area contributed by atoms with E-state index in [0.29, 0.717) is 23.0 Å². The van der Waals surface area contributed by atoms with Crippen LogP contribution < -0.4 is 15.8 Å². The summed E-state index contributed by atoms with van der Waals surface area (Å²) in [7, 11) is 0. The second-order valence-electron chi connectivity index (χ2n) is 5.86. The third-order valence-corrected chi connectivity index (χ3v) is 3.77. The largest absolute Gasteiger partial charge is 0.437 e.